The third-order valence-corrected chi connectivity index (χ3v) is 3.00. The van der Waals surface area contributed by atoms with Gasteiger partial charge in [-0.1, -0.05) is 6.42 Å². The van der Waals surface area contributed by atoms with Gasteiger partial charge in [-0.2, -0.15) is 4.98 Å². The molecule has 0 atom stereocenters. The largest absolute Gasteiger partial charge is 0.462 e. The minimum atomic E-state index is -0.0710. The fourth-order valence-corrected chi connectivity index (χ4v) is 2.01. The lowest BCUT2D eigenvalue weighted by molar-refractivity contribution is 0.177. The molecular weight excluding hydrogens is 230 g/mol. The second-order valence-electron chi connectivity index (χ2n) is 4.39. The number of nitrogen functional groups attached to an aromatic ring is 1. The molecular formula is C12H19N5O. The Kier molecular flexibility index (Phi) is 4.46. The average Bonchev–Trinajstić information content (AvgIpc) is 2.40. The standard InChI is InChI=1S/C12H19N5O/c13-11(14)10-4-5-15-12(16-10)18-9-8-17-6-2-1-3-7-17/h4-5H,1-3,6-9H2,(H3,13,14). The summed E-state index contributed by atoms with van der Waals surface area (Å²) < 4.78 is 5.48. The van der Waals surface area contributed by atoms with E-state index >= 15 is 0 Å². The molecule has 0 aromatic carbocycles. The van der Waals surface area contributed by atoms with Gasteiger partial charge >= 0.3 is 6.01 Å². The Bertz CT molecular complexity index is 403. The van der Waals surface area contributed by atoms with Crippen molar-refractivity contribution in [2.75, 3.05) is 26.2 Å². The van der Waals surface area contributed by atoms with Crippen molar-refractivity contribution >= 4 is 5.84 Å². The van der Waals surface area contributed by atoms with E-state index in [2.05, 4.69) is 14.9 Å². The molecule has 18 heavy (non-hydrogen) atoms. The lowest BCUT2D eigenvalue weighted by Crippen LogP contribution is -2.33. The van der Waals surface area contributed by atoms with Crippen LogP contribution in [0.4, 0.5) is 0 Å². The van der Waals surface area contributed by atoms with Crippen LogP contribution in [0.3, 0.4) is 0 Å². The Labute approximate surface area is 107 Å². The number of piperidine rings is 1. The van der Waals surface area contributed by atoms with Crippen molar-refractivity contribution in [3.05, 3.63) is 18.0 Å². The highest BCUT2D eigenvalue weighted by Gasteiger charge is 2.10. The number of ether oxygens (including phenoxy) is 1. The van der Waals surface area contributed by atoms with E-state index in [0.29, 0.717) is 18.3 Å². The summed E-state index contributed by atoms with van der Waals surface area (Å²) in [7, 11) is 0. The van der Waals surface area contributed by atoms with Crippen LogP contribution in [-0.4, -0.2) is 46.9 Å². The number of nitrogens with one attached hydrogen (secondary N) is 1. The number of aromatic nitrogens is 2. The van der Waals surface area contributed by atoms with Gasteiger partial charge in [-0.15, -0.1) is 0 Å². The molecule has 1 fully saturated rings. The van der Waals surface area contributed by atoms with Gasteiger partial charge in [-0.25, -0.2) is 4.98 Å². The zero-order valence-corrected chi connectivity index (χ0v) is 10.4. The monoisotopic (exact) mass is 249 g/mol. The van der Waals surface area contributed by atoms with Gasteiger partial charge in [0.15, 0.2) is 0 Å². The molecule has 0 bridgehead atoms. The molecule has 2 heterocycles. The van der Waals surface area contributed by atoms with Crippen molar-refractivity contribution in [2.45, 2.75) is 19.3 Å². The summed E-state index contributed by atoms with van der Waals surface area (Å²) >= 11 is 0. The number of amidine groups is 1. The average molecular weight is 249 g/mol. The van der Waals surface area contributed by atoms with Crippen LogP contribution in [0.1, 0.15) is 25.0 Å². The lowest BCUT2D eigenvalue weighted by Gasteiger charge is -2.25. The minimum Gasteiger partial charge on any atom is -0.462 e. The van der Waals surface area contributed by atoms with Crippen LogP contribution in [0.25, 0.3) is 0 Å². The van der Waals surface area contributed by atoms with Crippen molar-refractivity contribution in [1.82, 2.24) is 14.9 Å². The molecule has 1 saturated heterocycles. The number of nitrogens with zero attached hydrogens (tertiary/aromatic N) is 3. The van der Waals surface area contributed by atoms with Crippen molar-refractivity contribution in [3.8, 4) is 6.01 Å². The topological polar surface area (TPSA) is 88.1 Å². The van der Waals surface area contributed by atoms with E-state index in [4.69, 9.17) is 15.9 Å². The number of hydrogen-bond acceptors (Lipinski definition) is 5. The van der Waals surface area contributed by atoms with Gasteiger partial charge in [0.2, 0.25) is 0 Å². The molecule has 6 nitrogen and oxygen atoms in total. The highest BCUT2D eigenvalue weighted by atomic mass is 16.5. The lowest BCUT2D eigenvalue weighted by atomic mass is 10.1. The van der Waals surface area contributed by atoms with Crippen LogP contribution in [0.5, 0.6) is 6.01 Å². The Balaban J connectivity index is 1.78. The van der Waals surface area contributed by atoms with Gasteiger partial charge < -0.3 is 10.5 Å². The summed E-state index contributed by atoms with van der Waals surface area (Å²) in [5, 5.41) is 7.29. The third kappa shape index (κ3) is 3.66. The number of hydrogen-bond donors (Lipinski definition) is 2. The Morgan fingerprint density at radius 3 is 2.89 bits per heavy atom. The van der Waals surface area contributed by atoms with Crippen LogP contribution in [0.15, 0.2) is 12.3 Å². The molecule has 0 amide bonds. The fourth-order valence-electron chi connectivity index (χ4n) is 2.01. The molecule has 2 rings (SSSR count). The van der Waals surface area contributed by atoms with Crippen LogP contribution in [0.2, 0.25) is 0 Å². The van der Waals surface area contributed by atoms with Crippen molar-refractivity contribution in [1.29, 1.82) is 5.41 Å². The van der Waals surface area contributed by atoms with Crippen LogP contribution >= 0.6 is 0 Å². The van der Waals surface area contributed by atoms with Gasteiger partial charge in [0.25, 0.3) is 0 Å². The molecule has 0 aliphatic carbocycles. The van der Waals surface area contributed by atoms with Gasteiger partial charge in [0, 0.05) is 12.7 Å². The predicted octanol–water partition coefficient (Wildman–Crippen LogP) is 0.625. The maximum atomic E-state index is 7.29. The molecule has 1 aliphatic rings. The molecule has 0 spiro atoms. The highest BCUT2D eigenvalue weighted by molar-refractivity contribution is 5.92. The van der Waals surface area contributed by atoms with E-state index in [1.54, 1.807) is 12.3 Å². The van der Waals surface area contributed by atoms with Crippen molar-refractivity contribution < 1.29 is 4.74 Å². The summed E-state index contributed by atoms with van der Waals surface area (Å²) in [6.45, 7) is 3.77. The van der Waals surface area contributed by atoms with E-state index in [1.165, 1.54) is 19.3 Å². The normalized spacial score (nSPS) is 16.4. The molecule has 0 unspecified atom stereocenters. The molecule has 6 heteroatoms. The molecule has 1 aromatic rings. The van der Waals surface area contributed by atoms with Crippen LogP contribution < -0.4 is 10.5 Å². The quantitative estimate of drug-likeness (QED) is 0.590. The summed E-state index contributed by atoms with van der Waals surface area (Å²) in [6, 6.07) is 1.89. The summed E-state index contributed by atoms with van der Waals surface area (Å²) in [5.74, 6) is -0.0710. The molecule has 0 saturated carbocycles. The SMILES string of the molecule is N=C(N)c1ccnc(OCCN2CCCCC2)n1. The van der Waals surface area contributed by atoms with Gasteiger partial charge in [0.1, 0.15) is 18.1 Å². The molecule has 1 aliphatic heterocycles. The van der Waals surface area contributed by atoms with Gasteiger partial charge in [-0.05, 0) is 32.0 Å². The summed E-state index contributed by atoms with van der Waals surface area (Å²) in [6.07, 6.45) is 5.44. The van der Waals surface area contributed by atoms with Gasteiger partial charge in [0.05, 0.1) is 0 Å². The van der Waals surface area contributed by atoms with Crippen LogP contribution in [0, 0.1) is 5.41 Å². The van der Waals surface area contributed by atoms with Crippen molar-refractivity contribution in [2.24, 2.45) is 5.73 Å². The van der Waals surface area contributed by atoms with E-state index in [-0.39, 0.29) is 5.84 Å². The second kappa shape index (κ2) is 6.30. The Morgan fingerprint density at radius 2 is 2.17 bits per heavy atom. The maximum Gasteiger partial charge on any atom is 0.317 e. The summed E-state index contributed by atoms with van der Waals surface area (Å²) in [4.78, 5) is 10.4. The van der Waals surface area contributed by atoms with E-state index in [0.717, 1.165) is 19.6 Å². The fraction of sp³-hybridized carbons (Fsp3) is 0.583. The van der Waals surface area contributed by atoms with E-state index < -0.39 is 0 Å². The Hall–Kier alpha value is -1.69. The summed E-state index contributed by atoms with van der Waals surface area (Å²) in [5.41, 5.74) is 5.76. The zero-order valence-electron chi connectivity index (χ0n) is 10.4. The number of nitrogens with two attached hydrogens (primary N) is 1. The number of rotatable bonds is 5. The number of likely N-dealkylation sites (tertiary alicyclic amines) is 1. The first kappa shape index (κ1) is 12.8. The zero-order chi connectivity index (χ0) is 12.8. The highest BCUT2D eigenvalue weighted by Crippen LogP contribution is 2.08. The Morgan fingerprint density at radius 1 is 1.39 bits per heavy atom. The first-order valence-electron chi connectivity index (χ1n) is 6.28. The predicted molar refractivity (Wildman–Crippen MR) is 68.8 cm³/mol. The molecule has 1 aromatic heterocycles. The maximum absolute atomic E-state index is 7.29. The third-order valence-electron chi connectivity index (χ3n) is 3.00. The van der Waals surface area contributed by atoms with Crippen molar-refractivity contribution in [3.63, 3.8) is 0 Å². The molecule has 0 radical (unpaired) electrons. The smallest absolute Gasteiger partial charge is 0.317 e. The first-order chi connectivity index (χ1) is 8.75. The molecule has 3 N–H and O–H groups in total. The van der Waals surface area contributed by atoms with Crippen LogP contribution in [-0.2, 0) is 0 Å². The minimum absolute atomic E-state index is 0.0710. The molecule has 98 valence electrons. The second-order valence-corrected chi connectivity index (χ2v) is 4.39. The van der Waals surface area contributed by atoms with E-state index in [1.807, 2.05) is 0 Å². The first-order valence-corrected chi connectivity index (χ1v) is 6.28. The van der Waals surface area contributed by atoms with Gasteiger partial charge in [-0.3, -0.25) is 10.3 Å². The van der Waals surface area contributed by atoms with E-state index in [9.17, 15) is 0 Å².